The summed E-state index contributed by atoms with van der Waals surface area (Å²) in [7, 11) is 4.06. The summed E-state index contributed by atoms with van der Waals surface area (Å²) in [5, 5.41) is 3.86. The highest BCUT2D eigenvalue weighted by atomic mass is 16.2. The van der Waals surface area contributed by atoms with Crippen LogP contribution in [-0.4, -0.2) is 49.2 Å². The maximum atomic E-state index is 11.1. The van der Waals surface area contributed by atoms with Crippen LogP contribution in [0, 0.1) is 0 Å². The van der Waals surface area contributed by atoms with Gasteiger partial charge in [-0.15, -0.1) is 0 Å². The minimum Gasteiger partial charge on any atom is -0.378 e. The van der Waals surface area contributed by atoms with Crippen LogP contribution in [0.25, 0.3) is 22.2 Å². The molecule has 3 N–H and O–H groups in total. The molecular weight excluding hydrogens is 364 g/mol. The van der Waals surface area contributed by atoms with Gasteiger partial charge in [-0.05, 0) is 43.2 Å². The van der Waals surface area contributed by atoms with Gasteiger partial charge in [-0.3, -0.25) is 4.98 Å². The number of nitrogens with two attached hydrogens (primary N) is 1. The fourth-order valence-electron chi connectivity index (χ4n) is 3.81. The molecule has 0 spiro atoms. The summed E-state index contributed by atoms with van der Waals surface area (Å²) in [6.07, 6.45) is 3.50. The monoisotopic (exact) mass is 390 g/mol. The Morgan fingerprint density at radius 2 is 1.90 bits per heavy atom. The molecule has 3 aromatic rings. The van der Waals surface area contributed by atoms with Crippen LogP contribution in [0.4, 0.5) is 16.3 Å². The first-order valence-corrected chi connectivity index (χ1v) is 9.86. The van der Waals surface area contributed by atoms with E-state index in [4.69, 9.17) is 10.7 Å². The zero-order valence-electron chi connectivity index (χ0n) is 16.8. The minimum absolute atomic E-state index is 0.120. The Morgan fingerprint density at radius 3 is 2.55 bits per heavy atom. The highest BCUT2D eigenvalue weighted by Gasteiger charge is 2.23. The summed E-state index contributed by atoms with van der Waals surface area (Å²) in [4.78, 5) is 25.1. The van der Waals surface area contributed by atoms with E-state index in [9.17, 15) is 4.79 Å². The SMILES string of the molecule is CN(C)c1ccc(-c2cc3ncccc3c(N3CCC(NC(N)=O)CC3)n2)cc1. The number of primary amides is 1. The van der Waals surface area contributed by atoms with Crippen LogP contribution in [0.1, 0.15) is 12.8 Å². The van der Waals surface area contributed by atoms with Crippen molar-refractivity contribution in [2.24, 2.45) is 5.73 Å². The number of carbonyl (C=O) groups is 1. The third-order valence-electron chi connectivity index (χ3n) is 5.40. The van der Waals surface area contributed by atoms with Crippen molar-refractivity contribution in [1.29, 1.82) is 0 Å². The molecule has 0 aliphatic carbocycles. The van der Waals surface area contributed by atoms with Gasteiger partial charge in [0.2, 0.25) is 0 Å². The smallest absolute Gasteiger partial charge is 0.312 e. The Kier molecular flexibility index (Phi) is 5.20. The average molecular weight is 390 g/mol. The van der Waals surface area contributed by atoms with Gasteiger partial charge in [-0.1, -0.05) is 12.1 Å². The summed E-state index contributed by atoms with van der Waals surface area (Å²) in [6, 6.07) is 14.1. The standard InChI is InChI=1S/C22H26N6O/c1-27(2)17-7-5-15(6-8-17)19-14-20-18(4-3-11-24-20)21(26-19)28-12-9-16(10-13-28)25-22(23)29/h3-8,11,14,16H,9-10,12-13H2,1-2H3,(H3,23,25,29). The molecule has 0 atom stereocenters. The van der Waals surface area contributed by atoms with Crippen LogP contribution in [0.5, 0.6) is 0 Å². The van der Waals surface area contributed by atoms with Crippen molar-refractivity contribution < 1.29 is 4.79 Å². The number of aromatic nitrogens is 2. The van der Waals surface area contributed by atoms with Crippen LogP contribution in [0.2, 0.25) is 0 Å². The quantitative estimate of drug-likeness (QED) is 0.715. The van der Waals surface area contributed by atoms with Gasteiger partial charge >= 0.3 is 6.03 Å². The highest BCUT2D eigenvalue weighted by Crippen LogP contribution is 2.31. The number of hydrogen-bond donors (Lipinski definition) is 2. The molecule has 150 valence electrons. The van der Waals surface area contributed by atoms with Crippen molar-refractivity contribution in [2.75, 3.05) is 37.0 Å². The normalized spacial score (nSPS) is 14.8. The molecule has 1 aliphatic rings. The lowest BCUT2D eigenvalue weighted by atomic mass is 10.0. The first-order chi connectivity index (χ1) is 14.0. The Hall–Kier alpha value is -3.35. The molecule has 0 unspecified atom stereocenters. The van der Waals surface area contributed by atoms with Crippen molar-refractivity contribution in [3.63, 3.8) is 0 Å². The van der Waals surface area contributed by atoms with E-state index >= 15 is 0 Å². The fraction of sp³-hybridized carbons (Fsp3) is 0.318. The molecule has 2 aromatic heterocycles. The lowest BCUT2D eigenvalue weighted by Crippen LogP contribution is -2.46. The molecule has 1 fully saturated rings. The van der Waals surface area contributed by atoms with Crippen molar-refractivity contribution in [3.8, 4) is 11.3 Å². The molecule has 1 aromatic carbocycles. The van der Waals surface area contributed by atoms with Gasteiger partial charge in [0, 0.05) is 56.1 Å². The summed E-state index contributed by atoms with van der Waals surface area (Å²) in [6.45, 7) is 1.62. The van der Waals surface area contributed by atoms with Gasteiger partial charge in [0.15, 0.2) is 0 Å². The van der Waals surface area contributed by atoms with E-state index < -0.39 is 6.03 Å². The molecule has 0 radical (unpaired) electrons. The number of rotatable bonds is 4. The van der Waals surface area contributed by atoms with Crippen molar-refractivity contribution >= 4 is 28.4 Å². The Labute approximate surface area is 170 Å². The zero-order valence-corrected chi connectivity index (χ0v) is 16.8. The van der Waals surface area contributed by atoms with E-state index in [1.54, 1.807) is 0 Å². The molecule has 29 heavy (non-hydrogen) atoms. The van der Waals surface area contributed by atoms with Gasteiger partial charge in [-0.25, -0.2) is 9.78 Å². The lowest BCUT2D eigenvalue weighted by Gasteiger charge is -2.33. The van der Waals surface area contributed by atoms with Gasteiger partial charge < -0.3 is 20.9 Å². The second-order valence-electron chi connectivity index (χ2n) is 7.61. The molecule has 0 saturated carbocycles. The topological polar surface area (TPSA) is 87.4 Å². The molecule has 1 saturated heterocycles. The zero-order chi connectivity index (χ0) is 20.4. The third-order valence-corrected chi connectivity index (χ3v) is 5.40. The van der Waals surface area contributed by atoms with Gasteiger partial charge in [0.05, 0.1) is 11.2 Å². The first kappa shape index (κ1) is 19.0. The van der Waals surface area contributed by atoms with Crippen LogP contribution in [0.15, 0.2) is 48.7 Å². The number of fused-ring (bicyclic) bond motifs is 1. The molecule has 4 rings (SSSR count). The number of hydrogen-bond acceptors (Lipinski definition) is 5. The molecule has 3 heterocycles. The number of piperidine rings is 1. The van der Waals surface area contributed by atoms with Crippen LogP contribution in [-0.2, 0) is 0 Å². The Balaban J connectivity index is 1.67. The number of carbonyl (C=O) groups excluding carboxylic acids is 1. The van der Waals surface area contributed by atoms with Gasteiger partial charge in [0.25, 0.3) is 0 Å². The Morgan fingerprint density at radius 1 is 1.17 bits per heavy atom. The number of amides is 2. The minimum atomic E-state index is -0.459. The van der Waals surface area contributed by atoms with Crippen LogP contribution in [0.3, 0.4) is 0 Å². The van der Waals surface area contributed by atoms with Crippen molar-refractivity contribution in [1.82, 2.24) is 15.3 Å². The van der Waals surface area contributed by atoms with Crippen molar-refractivity contribution in [3.05, 3.63) is 48.7 Å². The summed E-state index contributed by atoms with van der Waals surface area (Å²) in [5.41, 5.74) is 9.33. The number of pyridine rings is 2. The highest BCUT2D eigenvalue weighted by molar-refractivity contribution is 5.92. The number of anilines is 2. The largest absolute Gasteiger partial charge is 0.378 e. The van der Waals surface area contributed by atoms with Crippen LogP contribution < -0.4 is 20.9 Å². The summed E-state index contributed by atoms with van der Waals surface area (Å²) in [5.74, 6) is 0.944. The summed E-state index contributed by atoms with van der Waals surface area (Å²) < 4.78 is 0. The average Bonchev–Trinajstić information content (AvgIpc) is 2.73. The molecule has 7 heteroatoms. The van der Waals surface area contributed by atoms with E-state index in [1.165, 1.54) is 0 Å². The first-order valence-electron chi connectivity index (χ1n) is 9.86. The van der Waals surface area contributed by atoms with E-state index in [1.807, 2.05) is 32.4 Å². The number of nitrogens with zero attached hydrogens (tertiary/aromatic N) is 4. The maximum Gasteiger partial charge on any atom is 0.312 e. The molecule has 2 amide bonds. The van der Waals surface area contributed by atoms with Gasteiger partial charge in [-0.2, -0.15) is 0 Å². The second-order valence-corrected chi connectivity index (χ2v) is 7.61. The molecule has 0 bridgehead atoms. The van der Waals surface area contributed by atoms with E-state index in [-0.39, 0.29) is 6.04 Å². The number of nitrogens with one attached hydrogen (secondary N) is 1. The number of benzene rings is 1. The van der Waals surface area contributed by atoms with Crippen LogP contribution >= 0.6 is 0 Å². The fourth-order valence-corrected chi connectivity index (χ4v) is 3.81. The molecule has 1 aliphatic heterocycles. The Bertz CT molecular complexity index is 1010. The van der Waals surface area contributed by atoms with Crippen molar-refractivity contribution in [2.45, 2.75) is 18.9 Å². The van der Waals surface area contributed by atoms with E-state index in [2.05, 4.69) is 50.4 Å². The van der Waals surface area contributed by atoms with E-state index in [0.717, 1.165) is 59.6 Å². The van der Waals surface area contributed by atoms with E-state index in [0.29, 0.717) is 0 Å². The predicted molar refractivity (Wildman–Crippen MR) is 117 cm³/mol. The molecule has 7 nitrogen and oxygen atoms in total. The third kappa shape index (κ3) is 4.08. The lowest BCUT2D eigenvalue weighted by molar-refractivity contribution is 0.242. The molecular formula is C22H26N6O. The number of urea groups is 1. The van der Waals surface area contributed by atoms with Gasteiger partial charge in [0.1, 0.15) is 5.82 Å². The summed E-state index contributed by atoms with van der Waals surface area (Å²) >= 11 is 0. The second kappa shape index (κ2) is 7.95. The predicted octanol–water partition coefficient (Wildman–Crippen LogP) is 3.00. The maximum absolute atomic E-state index is 11.1.